The zero-order valence-corrected chi connectivity index (χ0v) is 20.4. The van der Waals surface area contributed by atoms with Gasteiger partial charge in [0.25, 0.3) is 0 Å². The van der Waals surface area contributed by atoms with Crippen molar-refractivity contribution >= 4 is 35.8 Å². The average Bonchev–Trinajstić information content (AvgIpc) is 2.76. The monoisotopic (exact) mass is 523 g/mol. The smallest absolute Gasteiger partial charge is 0.236 e. The van der Waals surface area contributed by atoms with E-state index in [9.17, 15) is 4.79 Å². The van der Waals surface area contributed by atoms with Crippen LogP contribution in [0.3, 0.4) is 0 Å². The topological polar surface area (TPSA) is 69.6 Å². The van der Waals surface area contributed by atoms with Crippen molar-refractivity contribution in [1.29, 1.82) is 0 Å². The molecule has 3 fully saturated rings. The number of piperazine rings is 1. The summed E-state index contributed by atoms with van der Waals surface area (Å²) in [5.41, 5.74) is -0.170. The lowest BCUT2D eigenvalue weighted by Gasteiger charge is -2.40. The van der Waals surface area contributed by atoms with Crippen molar-refractivity contribution in [2.24, 2.45) is 4.99 Å². The number of piperidine rings is 1. The van der Waals surface area contributed by atoms with E-state index in [-0.39, 0.29) is 35.5 Å². The largest absolute Gasteiger partial charge is 0.381 e. The molecule has 0 aromatic rings. The number of nitrogens with zero attached hydrogens (tertiary/aromatic N) is 4. The number of amides is 1. The van der Waals surface area contributed by atoms with Crippen LogP contribution < -0.4 is 5.32 Å². The number of guanidine groups is 1. The molecule has 8 nitrogen and oxygen atoms in total. The molecule has 0 bridgehead atoms. The van der Waals surface area contributed by atoms with Gasteiger partial charge in [0.05, 0.1) is 12.1 Å². The molecule has 3 heterocycles. The Balaban J connectivity index is 0.00000300. The Labute approximate surface area is 192 Å². The number of ether oxygens (including phenoxy) is 2. The van der Waals surface area contributed by atoms with Gasteiger partial charge in [0.15, 0.2) is 5.96 Å². The number of carbonyl (C=O) groups excluding carboxylic acids is 1. The minimum atomic E-state index is -0.170. The van der Waals surface area contributed by atoms with Gasteiger partial charge >= 0.3 is 0 Å². The van der Waals surface area contributed by atoms with E-state index in [1.54, 1.807) is 7.11 Å². The summed E-state index contributed by atoms with van der Waals surface area (Å²) in [7, 11) is 3.62. The fourth-order valence-electron chi connectivity index (χ4n) is 4.32. The first-order valence-corrected chi connectivity index (χ1v) is 10.7. The van der Waals surface area contributed by atoms with Crippen LogP contribution >= 0.6 is 24.0 Å². The highest BCUT2D eigenvalue weighted by Gasteiger charge is 2.33. The van der Waals surface area contributed by atoms with E-state index in [4.69, 9.17) is 9.47 Å². The Bertz CT molecular complexity index is 528. The normalized spacial score (nSPS) is 23.4. The highest BCUT2D eigenvalue weighted by Crippen LogP contribution is 2.23. The Morgan fingerprint density at radius 3 is 2.28 bits per heavy atom. The summed E-state index contributed by atoms with van der Waals surface area (Å²) in [5, 5.41) is 3.51. The minimum Gasteiger partial charge on any atom is -0.381 e. The predicted octanol–water partition coefficient (Wildman–Crippen LogP) is 1.01. The first kappa shape index (κ1) is 24.6. The van der Waals surface area contributed by atoms with Gasteiger partial charge in [0.1, 0.15) is 0 Å². The lowest BCUT2D eigenvalue weighted by molar-refractivity contribution is -0.133. The molecule has 0 saturated carbocycles. The summed E-state index contributed by atoms with van der Waals surface area (Å²) in [5.74, 6) is 1.21. The number of carbonyl (C=O) groups is 1. The first-order chi connectivity index (χ1) is 13.7. The number of nitrogens with one attached hydrogen (secondary N) is 1. The molecule has 0 aromatic heterocycles. The first-order valence-electron chi connectivity index (χ1n) is 10.7. The lowest BCUT2D eigenvalue weighted by atomic mass is 9.94. The van der Waals surface area contributed by atoms with Crippen molar-refractivity contribution < 1.29 is 14.3 Å². The van der Waals surface area contributed by atoms with E-state index in [1.165, 1.54) is 6.42 Å². The number of hydrogen-bond donors (Lipinski definition) is 1. The molecular weight excluding hydrogens is 485 g/mol. The van der Waals surface area contributed by atoms with E-state index in [2.05, 4.69) is 20.1 Å². The van der Waals surface area contributed by atoms with E-state index >= 15 is 0 Å². The number of rotatable bonds is 5. The van der Waals surface area contributed by atoms with Crippen molar-refractivity contribution in [2.75, 3.05) is 79.7 Å². The van der Waals surface area contributed by atoms with Crippen molar-refractivity contribution in [2.45, 2.75) is 37.7 Å². The number of halogens is 1. The van der Waals surface area contributed by atoms with Crippen LogP contribution in [0.4, 0.5) is 0 Å². The molecule has 1 N–H and O–H groups in total. The van der Waals surface area contributed by atoms with E-state index < -0.39 is 0 Å². The van der Waals surface area contributed by atoms with Crippen LogP contribution in [-0.2, 0) is 14.3 Å². The van der Waals surface area contributed by atoms with Gasteiger partial charge in [0, 0.05) is 86.0 Å². The van der Waals surface area contributed by atoms with Gasteiger partial charge < -0.3 is 24.6 Å². The van der Waals surface area contributed by atoms with Crippen LogP contribution in [0.5, 0.6) is 0 Å². The van der Waals surface area contributed by atoms with Crippen LogP contribution in [0, 0.1) is 0 Å². The fourth-order valence-corrected chi connectivity index (χ4v) is 4.32. The molecule has 0 atom stereocenters. The molecule has 168 valence electrons. The number of methoxy groups -OCH3 is 1. The summed E-state index contributed by atoms with van der Waals surface area (Å²) in [6.45, 7) is 8.21. The fraction of sp³-hybridized carbons (Fsp3) is 0.900. The summed E-state index contributed by atoms with van der Waals surface area (Å²) >= 11 is 0. The Kier molecular flexibility index (Phi) is 10.4. The summed E-state index contributed by atoms with van der Waals surface area (Å²) in [6.07, 6.45) is 5.36. The molecule has 29 heavy (non-hydrogen) atoms. The SMILES string of the molecule is CN=C(NCC1(OC)CCOCC1)N1CCN(CC(=O)N2CCCCC2)CC1.I. The number of aliphatic imine (C=N–C) groups is 1. The Hall–Kier alpha value is -0.650. The van der Waals surface area contributed by atoms with Gasteiger partial charge in [-0.3, -0.25) is 14.7 Å². The van der Waals surface area contributed by atoms with Gasteiger partial charge in [-0.05, 0) is 19.3 Å². The van der Waals surface area contributed by atoms with Crippen LogP contribution in [0.1, 0.15) is 32.1 Å². The number of likely N-dealkylation sites (tertiary alicyclic amines) is 1. The second-order valence-electron chi connectivity index (χ2n) is 8.10. The highest BCUT2D eigenvalue weighted by molar-refractivity contribution is 14.0. The zero-order chi connectivity index (χ0) is 19.8. The average molecular weight is 523 g/mol. The zero-order valence-electron chi connectivity index (χ0n) is 18.0. The minimum absolute atomic E-state index is 0. The molecule has 9 heteroatoms. The molecular formula is C20H38IN5O3. The van der Waals surface area contributed by atoms with E-state index in [0.717, 1.165) is 90.7 Å². The van der Waals surface area contributed by atoms with Crippen molar-refractivity contribution in [3.63, 3.8) is 0 Å². The van der Waals surface area contributed by atoms with Gasteiger partial charge in [-0.1, -0.05) is 0 Å². The third-order valence-electron chi connectivity index (χ3n) is 6.36. The second kappa shape index (κ2) is 12.3. The van der Waals surface area contributed by atoms with Crippen LogP contribution in [0.2, 0.25) is 0 Å². The van der Waals surface area contributed by atoms with E-state index in [1.807, 2.05) is 11.9 Å². The molecule has 0 aliphatic carbocycles. The maximum atomic E-state index is 12.5. The van der Waals surface area contributed by atoms with Gasteiger partial charge in [-0.2, -0.15) is 0 Å². The lowest BCUT2D eigenvalue weighted by Crippen LogP contribution is -2.56. The molecule has 3 rings (SSSR count). The highest BCUT2D eigenvalue weighted by atomic mass is 127. The maximum Gasteiger partial charge on any atom is 0.236 e. The molecule has 3 aliphatic heterocycles. The van der Waals surface area contributed by atoms with E-state index in [0.29, 0.717) is 6.54 Å². The summed E-state index contributed by atoms with van der Waals surface area (Å²) in [4.78, 5) is 23.6. The van der Waals surface area contributed by atoms with Crippen LogP contribution in [-0.4, -0.2) is 112 Å². The third kappa shape index (κ3) is 6.93. The molecule has 0 spiro atoms. The third-order valence-corrected chi connectivity index (χ3v) is 6.36. The standard InChI is InChI=1S/C20H37N5O3.HI/c1-21-19(22-17-20(27-2)6-14-28-15-7-20)25-12-10-23(11-13-25)16-18(26)24-8-4-3-5-9-24;/h3-17H2,1-2H3,(H,21,22);1H. The van der Waals surface area contributed by atoms with Crippen molar-refractivity contribution in [3.05, 3.63) is 0 Å². The Morgan fingerprint density at radius 1 is 1.03 bits per heavy atom. The molecule has 0 aromatic carbocycles. The van der Waals surface area contributed by atoms with Gasteiger partial charge in [-0.25, -0.2) is 0 Å². The molecule has 0 unspecified atom stereocenters. The quantitative estimate of drug-likeness (QED) is 0.330. The second-order valence-corrected chi connectivity index (χ2v) is 8.10. The maximum absolute atomic E-state index is 12.5. The predicted molar refractivity (Wildman–Crippen MR) is 125 cm³/mol. The van der Waals surface area contributed by atoms with Crippen molar-refractivity contribution in [1.82, 2.24) is 20.0 Å². The molecule has 0 radical (unpaired) electrons. The summed E-state index contributed by atoms with van der Waals surface area (Å²) in [6, 6.07) is 0. The molecule has 3 aliphatic rings. The summed E-state index contributed by atoms with van der Waals surface area (Å²) < 4.78 is 11.3. The Morgan fingerprint density at radius 2 is 1.69 bits per heavy atom. The number of hydrogen-bond acceptors (Lipinski definition) is 5. The molecule has 1 amide bonds. The van der Waals surface area contributed by atoms with Crippen LogP contribution in [0.15, 0.2) is 4.99 Å². The van der Waals surface area contributed by atoms with Gasteiger partial charge in [-0.15, -0.1) is 24.0 Å². The van der Waals surface area contributed by atoms with Crippen molar-refractivity contribution in [3.8, 4) is 0 Å². The van der Waals surface area contributed by atoms with Crippen LogP contribution in [0.25, 0.3) is 0 Å². The van der Waals surface area contributed by atoms with Gasteiger partial charge in [0.2, 0.25) is 5.91 Å². The molecule has 3 saturated heterocycles.